The van der Waals surface area contributed by atoms with Gasteiger partial charge < -0.3 is 4.74 Å². The van der Waals surface area contributed by atoms with Crippen LogP contribution in [-0.4, -0.2) is 3.79 Å². The number of ether oxygens (including phenoxy) is 1. The molecule has 2 aromatic rings. The van der Waals surface area contributed by atoms with Gasteiger partial charge in [-0.05, 0) is 23.3 Å². The van der Waals surface area contributed by atoms with E-state index in [-0.39, 0.29) is 0 Å². The lowest BCUT2D eigenvalue weighted by molar-refractivity contribution is 0.306. The minimum atomic E-state index is -1.38. The second-order valence-electron chi connectivity index (χ2n) is 4.03. The van der Waals surface area contributed by atoms with E-state index in [1.54, 1.807) is 6.42 Å². The van der Waals surface area contributed by atoms with Crippen molar-refractivity contribution in [2.24, 2.45) is 0 Å². The van der Waals surface area contributed by atoms with Crippen molar-refractivity contribution in [3.05, 3.63) is 72.1 Å². The number of halogens is 3. The smallest absolute Gasteiger partial charge is 0.198 e. The van der Waals surface area contributed by atoms with Gasteiger partial charge in [0.25, 0.3) is 0 Å². The van der Waals surface area contributed by atoms with Gasteiger partial charge in [0.2, 0.25) is 0 Å². The largest absolute Gasteiger partial charge is 0.489 e. The van der Waals surface area contributed by atoms with Gasteiger partial charge in [0.05, 0.1) is 0 Å². The first-order valence-electron chi connectivity index (χ1n) is 5.72. The lowest BCUT2D eigenvalue weighted by Crippen LogP contribution is -2.03. The molecule has 1 nitrogen and oxygen atoms in total. The van der Waals surface area contributed by atoms with Gasteiger partial charge in [0, 0.05) is 6.42 Å². The van der Waals surface area contributed by atoms with Crippen molar-refractivity contribution in [2.75, 3.05) is 0 Å². The predicted octanol–water partition coefficient (Wildman–Crippen LogP) is 5.19. The third kappa shape index (κ3) is 5.32. The lowest BCUT2D eigenvalue weighted by Gasteiger charge is -2.11. The van der Waals surface area contributed by atoms with E-state index in [2.05, 4.69) is 0 Å². The van der Waals surface area contributed by atoms with E-state index >= 15 is 0 Å². The quantitative estimate of drug-likeness (QED) is 0.706. The Morgan fingerprint density at radius 2 is 1.53 bits per heavy atom. The monoisotopic (exact) mass is 313 g/mol. The third-order valence-corrected chi connectivity index (χ3v) is 2.79. The molecule has 0 saturated carbocycles. The molecule has 0 aliphatic rings. The minimum Gasteiger partial charge on any atom is -0.489 e. The first kappa shape index (κ1) is 14.5. The van der Waals surface area contributed by atoms with Crippen molar-refractivity contribution in [1.29, 1.82) is 0 Å². The van der Waals surface area contributed by atoms with Crippen LogP contribution >= 0.6 is 34.8 Å². The van der Waals surface area contributed by atoms with Gasteiger partial charge in [0.1, 0.15) is 12.4 Å². The molecule has 2 aromatic carbocycles. The highest BCUT2D eigenvalue weighted by Crippen LogP contribution is 2.32. The summed E-state index contributed by atoms with van der Waals surface area (Å²) in [7, 11) is 0. The Kier molecular flexibility index (Phi) is 4.98. The summed E-state index contributed by atoms with van der Waals surface area (Å²) in [6.07, 6.45) is 1.55. The van der Waals surface area contributed by atoms with Crippen LogP contribution in [0.15, 0.2) is 54.6 Å². The Bertz CT molecular complexity index is 503. The molecular weight excluding hydrogens is 303 g/mol. The Morgan fingerprint density at radius 3 is 2.11 bits per heavy atom. The molecule has 2 rings (SSSR count). The molecule has 0 aliphatic heterocycles. The van der Waals surface area contributed by atoms with E-state index in [9.17, 15) is 0 Å². The second kappa shape index (κ2) is 6.51. The molecule has 0 unspecified atom stereocenters. The molecular formula is C15H12Cl3O. The van der Waals surface area contributed by atoms with E-state index in [0.29, 0.717) is 6.61 Å². The predicted molar refractivity (Wildman–Crippen MR) is 80.9 cm³/mol. The second-order valence-corrected chi connectivity index (χ2v) is 6.40. The van der Waals surface area contributed by atoms with Crippen LogP contribution in [0.4, 0.5) is 0 Å². The van der Waals surface area contributed by atoms with Gasteiger partial charge in [0.15, 0.2) is 3.79 Å². The molecule has 0 heterocycles. The summed E-state index contributed by atoms with van der Waals surface area (Å²) in [5, 5.41) is 0. The summed E-state index contributed by atoms with van der Waals surface area (Å²) in [6.45, 7) is 0.536. The first-order valence-corrected chi connectivity index (χ1v) is 6.86. The lowest BCUT2D eigenvalue weighted by atomic mass is 10.1. The fraction of sp³-hybridized carbons (Fsp3) is 0.133. The van der Waals surface area contributed by atoms with Gasteiger partial charge in [-0.25, -0.2) is 0 Å². The maximum Gasteiger partial charge on any atom is 0.198 e. The van der Waals surface area contributed by atoms with Gasteiger partial charge in [-0.2, -0.15) is 0 Å². The Balaban J connectivity index is 1.92. The van der Waals surface area contributed by atoms with Gasteiger partial charge >= 0.3 is 0 Å². The molecule has 0 atom stereocenters. The third-order valence-electron chi connectivity index (χ3n) is 2.46. The standard InChI is InChI=1S/C15H12Cl3O/c16-15(17,18)10-12-6-8-14(9-7-12)19-11-13-4-2-1-3-5-13/h1-10H,11H2. The molecule has 0 N–H and O–H groups in total. The minimum absolute atomic E-state index is 0.536. The van der Waals surface area contributed by atoms with Crippen LogP contribution in [0.5, 0.6) is 5.75 Å². The van der Waals surface area contributed by atoms with Crippen LogP contribution in [0.2, 0.25) is 0 Å². The zero-order valence-corrected chi connectivity index (χ0v) is 12.3. The van der Waals surface area contributed by atoms with Crippen LogP contribution in [0.25, 0.3) is 0 Å². The van der Waals surface area contributed by atoms with E-state index in [1.165, 1.54) is 0 Å². The SMILES string of the molecule is ClC(Cl)(Cl)[CH]c1ccc(OCc2ccccc2)cc1. The highest BCUT2D eigenvalue weighted by Gasteiger charge is 2.20. The summed E-state index contributed by atoms with van der Waals surface area (Å²) in [6, 6.07) is 17.4. The molecule has 0 aliphatic carbocycles. The Hall–Kier alpha value is -0.890. The summed E-state index contributed by atoms with van der Waals surface area (Å²) in [5.41, 5.74) is 1.96. The van der Waals surface area contributed by atoms with E-state index in [1.807, 2.05) is 54.6 Å². The molecule has 0 amide bonds. The first-order chi connectivity index (χ1) is 9.03. The zero-order valence-electron chi connectivity index (χ0n) is 10.0. The van der Waals surface area contributed by atoms with Crippen molar-refractivity contribution in [1.82, 2.24) is 0 Å². The summed E-state index contributed by atoms with van der Waals surface area (Å²) >= 11 is 17.1. The Labute approximate surface area is 128 Å². The van der Waals surface area contributed by atoms with E-state index in [0.717, 1.165) is 16.9 Å². The highest BCUT2D eigenvalue weighted by molar-refractivity contribution is 6.68. The Morgan fingerprint density at radius 1 is 0.895 bits per heavy atom. The number of hydrogen-bond donors (Lipinski definition) is 0. The summed E-state index contributed by atoms with van der Waals surface area (Å²) in [5.74, 6) is 0.783. The molecule has 19 heavy (non-hydrogen) atoms. The molecule has 4 heteroatoms. The molecule has 1 radical (unpaired) electrons. The number of hydrogen-bond acceptors (Lipinski definition) is 1. The zero-order chi connectivity index (χ0) is 13.7. The number of benzene rings is 2. The maximum absolute atomic E-state index is 5.69. The van der Waals surface area contributed by atoms with Crippen LogP contribution in [0.1, 0.15) is 11.1 Å². The molecule has 0 bridgehead atoms. The fourth-order valence-electron chi connectivity index (χ4n) is 1.59. The summed E-state index contributed by atoms with van der Waals surface area (Å²) < 4.78 is 4.28. The van der Waals surface area contributed by atoms with Crippen LogP contribution in [0, 0.1) is 6.42 Å². The summed E-state index contributed by atoms with van der Waals surface area (Å²) in [4.78, 5) is 0. The van der Waals surface area contributed by atoms with Gasteiger partial charge in [-0.3, -0.25) is 0 Å². The molecule has 0 spiro atoms. The average molecular weight is 315 g/mol. The normalized spacial score (nSPS) is 11.3. The molecule has 99 valence electrons. The molecule has 0 aromatic heterocycles. The molecule has 0 fully saturated rings. The molecule has 0 saturated heterocycles. The average Bonchev–Trinajstić information content (AvgIpc) is 2.37. The van der Waals surface area contributed by atoms with Crippen LogP contribution in [0.3, 0.4) is 0 Å². The topological polar surface area (TPSA) is 9.23 Å². The fourth-order valence-corrected chi connectivity index (χ4v) is 1.97. The van der Waals surface area contributed by atoms with Crippen LogP contribution in [-0.2, 0) is 6.61 Å². The van der Waals surface area contributed by atoms with Crippen molar-refractivity contribution < 1.29 is 4.74 Å². The van der Waals surface area contributed by atoms with Crippen molar-refractivity contribution in [3.63, 3.8) is 0 Å². The van der Waals surface area contributed by atoms with E-state index in [4.69, 9.17) is 39.5 Å². The van der Waals surface area contributed by atoms with Crippen molar-refractivity contribution in [3.8, 4) is 5.75 Å². The van der Waals surface area contributed by atoms with Crippen molar-refractivity contribution in [2.45, 2.75) is 10.4 Å². The van der Waals surface area contributed by atoms with Crippen LogP contribution < -0.4 is 4.74 Å². The number of rotatable bonds is 4. The van der Waals surface area contributed by atoms with E-state index < -0.39 is 3.79 Å². The van der Waals surface area contributed by atoms with Crippen molar-refractivity contribution >= 4 is 34.8 Å². The maximum atomic E-state index is 5.69. The number of alkyl halides is 3. The van der Waals surface area contributed by atoms with Gasteiger partial charge in [-0.1, -0.05) is 77.3 Å². The van der Waals surface area contributed by atoms with Gasteiger partial charge in [-0.15, -0.1) is 0 Å². The highest BCUT2D eigenvalue weighted by atomic mass is 35.6.